The van der Waals surface area contributed by atoms with Gasteiger partial charge >= 0.3 is 0 Å². The lowest BCUT2D eigenvalue weighted by atomic mass is 10.0. The van der Waals surface area contributed by atoms with E-state index in [-0.39, 0.29) is 16.4 Å². The number of rotatable bonds is 4. The first-order valence-corrected chi connectivity index (χ1v) is 6.06. The van der Waals surface area contributed by atoms with Gasteiger partial charge in [0.2, 0.25) is 0 Å². The van der Waals surface area contributed by atoms with Crippen LogP contribution in [0.25, 0.3) is 0 Å². The van der Waals surface area contributed by atoms with Gasteiger partial charge in [-0.15, -0.1) is 0 Å². The third-order valence-electron chi connectivity index (χ3n) is 2.93. The molecular weight excluding hydrogens is 258 g/mol. The molecule has 0 bridgehead atoms. The normalized spacial score (nSPS) is 23.0. The number of hydrogen-bond donors (Lipinski definition) is 1. The second-order valence-electron chi connectivity index (χ2n) is 4.55. The lowest BCUT2D eigenvalue weighted by Crippen LogP contribution is -2.32. The average Bonchev–Trinajstić information content (AvgIpc) is 2.73. The highest BCUT2D eigenvalue weighted by atomic mass is 35.5. The van der Waals surface area contributed by atoms with Crippen molar-refractivity contribution >= 4 is 23.1 Å². The van der Waals surface area contributed by atoms with Crippen LogP contribution < -0.4 is 5.32 Å². The van der Waals surface area contributed by atoms with Crippen molar-refractivity contribution in [2.75, 3.05) is 18.5 Å². The smallest absolute Gasteiger partial charge is 0.276 e. The van der Waals surface area contributed by atoms with Crippen LogP contribution in [0.15, 0.2) is 12.1 Å². The van der Waals surface area contributed by atoms with Crippen LogP contribution in [0, 0.1) is 10.1 Å². The van der Waals surface area contributed by atoms with Crippen LogP contribution in [0.1, 0.15) is 19.8 Å². The van der Waals surface area contributed by atoms with E-state index in [0.29, 0.717) is 12.4 Å². The molecule has 0 aliphatic carbocycles. The monoisotopic (exact) mass is 271 g/mol. The van der Waals surface area contributed by atoms with Crippen LogP contribution in [0.3, 0.4) is 0 Å². The van der Waals surface area contributed by atoms with Gasteiger partial charge in [0, 0.05) is 13.2 Å². The number of nitrogens with zero attached hydrogens (tertiary/aromatic N) is 2. The van der Waals surface area contributed by atoms with E-state index >= 15 is 0 Å². The highest BCUT2D eigenvalue weighted by molar-refractivity contribution is 6.29. The Morgan fingerprint density at radius 3 is 3.06 bits per heavy atom. The summed E-state index contributed by atoms with van der Waals surface area (Å²) in [6.07, 6.45) is 1.99. The lowest BCUT2D eigenvalue weighted by Gasteiger charge is -2.23. The van der Waals surface area contributed by atoms with Crippen molar-refractivity contribution in [3.05, 3.63) is 27.4 Å². The molecule has 1 fully saturated rings. The highest BCUT2D eigenvalue weighted by Gasteiger charge is 2.29. The molecule has 1 aliphatic heterocycles. The molecule has 0 saturated carbocycles. The fourth-order valence-electron chi connectivity index (χ4n) is 1.93. The number of ether oxygens (including phenoxy) is 1. The molecule has 0 spiro atoms. The minimum Gasteiger partial charge on any atom is -0.373 e. The van der Waals surface area contributed by atoms with E-state index in [1.54, 1.807) is 0 Å². The maximum atomic E-state index is 10.7. The zero-order chi connectivity index (χ0) is 13.2. The Balaban J connectivity index is 2.07. The molecule has 6 nitrogen and oxygen atoms in total. The molecule has 98 valence electrons. The third-order valence-corrected chi connectivity index (χ3v) is 3.13. The largest absolute Gasteiger partial charge is 0.373 e. The van der Waals surface area contributed by atoms with E-state index in [1.165, 1.54) is 12.1 Å². The first-order chi connectivity index (χ1) is 8.48. The topological polar surface area (TPSA) is 77.3 Å². The molecule has 1 unspecified atom stereocenters. The van der Waals surface area contributed by atoms with E-state index in [0.717, 1.165) is 19.4 Å². The fourth-order valence-corrected chi connectivity index (χ4v) is 2.14. The number of nitrogens with one attached hydrogen (secondary N) is 1. The van der Waals surface area contributed by atoms with Crippen LogP contribution in [-0.2, 0) is 4.74 Å². The van der Waals surface area contributed by atoms with E-state index in [4.69, 9.17) is 16.3 Å². The number of nitro groups is 1. The Bertz CT molecular complexity index is 461. The number of anilines is 1. The molecule has 1 saturated heterocycles. The molecule has 1 aromatic rings. The van der Waals surface area contributed by atoms with Crippen LogP contribution >= 0.6 is 11.6 Å². The quantitative estimate of drug-likeness (QED) is 0.517. The van der Waals surface area contributed by atoms with Gasteiger partial charge in [0.05, 0.1) is 22.7 Å². The Morgan fingerprint density at radius 1 is 1.67 bits per heavy atom. The summed E-state index contributed by atoms with van der Waals surface area (Å²) in [7, 11) is 0. The maximum Gasteiger partial charge on any atom is 0.276 e. The molecule has 1 N–H and O–H groups in total. The van der Waals surface area contributed by atoms with Crippen molar-refractivity contribution < 1.29 is 9.66 Å². The molecule has 0 amide bonds. The van der Waals surface area contributed by atoms with Gasteiger partial charge < -0.3 is 10.1 Å². The third kappa shape index (κ3) is 3.08. The van der Waals surface area contributed by atoms with E-state index < -0.39 is 4.92 Å². The summed E-state index contributed by atoms with van der Waals surface area (Å²) in [4.78, 5) is 14.2. The summed E-state index contributed by atoms with van der Waals surface area (Å²) in [5.41, 5.74) is -0.311. The second kappa shape index (κ2) is 5.07. The SMILES string of the molecule is CC1(CNc2cc([N+](=O)[O-])cc(Cl)n2)CCCO1. The fraction of sp³-hybridized carbons (Fsp3) is 0.545. The van der Waals surface area contributed by atoms with Crippen molar-refractivity contribution in [3.63, 3.8) is 0 Å². The van der Waals surface area contributed by atoms with Crippen LogP contribution in [0.2, 0.25) is 5.15 Å². The van der Waals surface area contributed by atoms with Gasteiger partial charge in [-0.2, -0.15) is 0 Å². The van der Waals surface area contributed by atoms with Crippen molar-refractivity contribution in [3.8, 4) is 0 Å². The van der Waals surface area contributed by atoms with E-state index in [1.807, 2.05) is 6.92 Å². The van der Waals surface area contributed by atoms with Crippen LogP contribution in [0.4, 0.5) is 11.5 Å². The van der Waals surface area contributed by atoms with Crippen molar-refractivity contribution in [2.45, 2.75) is 25.4 Å². The van der Waals surface area contributed by atoms with Crippen LogP contribution in [0.5, 0.6) is 0 Å². The summed E-state index contributed by atoms with van der Waals surface area (Å²) in [6, 6.07) is 2.59. The first kappa shape index (κ1) is 13.0. The van der Waals surface area contributed by atoms with Gasteiger partial charge in [0.25, 0.3) is 5.69 Å². The predicted octanol–water partition coefficient (Wildman–Crippen LogP) is 2.62. The lowest BCUT2D eigenvalue weighted by molar-refractivity contribution is -0.384. The molecular formula is C11H14ClN3O3. The molecule has 0 radical (unpaired) electrons. The number of aromatic nitrogens is 1. The minimum absolute atomic E-state index is 0.0741. The van der Waals surface area contributed by atoms with Gasteiger partial charge in [0.15, 0.2) is 0 Å². The van der Waals surface area contributed by atoms with Gasteiger partial charge in [-0.25, -0.2) is 4.98 Å². The van der Waals surface area contributed by atoms with Gasteiger partial charge in [-0.05, 0) is 19.8 Å². The molecule has 1 atom stereocenters. The van der Waals surface area contributed by atoms with Gasteiger partial charge in [-0.1, -0.05) is 11.6 Å². The Kier molecular flexibility index (Phi) is 3.68. The predicted molar refractivity (Wildman–Crippen MR) is 68.0 cm³/mol. The summed E-state index contributed by atoms with van der Waals surface area (Å²) in [5.74, 6) is 0.394. The standard InChI is InChI=1S/C11H14ClN3O3/c1-11(3-2-4-18-11)7-13-10-6-8(15(16)17)5-9(12)14-10/h5-6H,2-4,7H2,1H3,(H,13,14). The Labute approximate surface area is 109 Å². The molecule has 7 heteroatoms. The maximum absolute atomic E-state index is 10.7. The number of pyridine rings is 1. The van der Waals surface area contributed by atoms with Gasteiger partial charge in [0.1, 0.15) is 11.0 Å². The zero-order valence-corrected chi connectivity index (χ0v) is 10.7. The van der Waals surface area contributed by atoms with Crippen molar-refractivity contribution in [1.29, 1.82) is 0 Å². The first-order valence-electron chi connectivity index (χ1n) is 5.68. The summed E-state index contributed by atoms with van der Waals surface area (Å²) in [5, 5.41) is 13.8. The number of hydrogen-bond acceptors (Lipinski definition) is 5. The molecule has 2 heterocycles. The summed E-state index contributed by atoms with van der Waals surface area (Å²) in [6.45, 7) is 3.31. The molecule has 1 aromatic heterocycles. The Hall–Kier alpha value is -1.40. The van der Waals surface area contributed by atoms with Crippen molar-refractivity contribution in [2.24, 2.45) is 0 Å². The summed E-state index contributed by atoms with van der Waals surface area (Å²) >= 11 is 5.74. The Morgan fingerprint density at radius 2 is 2.44 bits per heavy atom. The minimum atomic E-state index is -0.494. The molecule has 0 aromatic carbocycles. The van der Waals surface area contributed by atoms with Crippen LogP contribution in [-0.4, -0.2) is 28.7 Å². The number of halogens is 1. The van der Waals surface area contributed by atoms with E-state index in [9.17, 15) is 10.1 Å². The zero-order valence-electron chi connectivity index (χ0n) is 9.98. The van der Waals surface area contributed by atoms with Gasteiger partial charge in [-0.3, -0.25) is 10.1 Å². The molecule has 2 rings (SSSR count). The average molecular weight is 272 g/mol. The second-order valence-corrected chi connectivity index (χ2v) is 4.93. The highest BCUT2D eigenvalue weighted by Crippen LogP contribution is 2.26. The van der Waals surface area contributed by atoms with E-state index in [2.05, 4.69) is 10.3 Å². The molecule has 1 aliphatic rings. The molecule has 18 heavy (non-hydrogen) atoms. The van der Waals surface area contributed by atoms with Crippen molar-refractivity contribution in [1.82, 2.24) is 4.98 Å². The summed E-state index contributed by atoms with van der Waals surface area (Å²) < 4.78 is 5.61.